The lowest BCUT2D eigenvalue weighted by molar-refractivity contribution is 0.0714. The molecule has 7 heteroatoms. The Morgan fingerprint density at radius 1 is 1.13 bits per heavy atom. The number of nitrogens with zero attached hydrogens (tertiary/aromatic N) is 2. The van der Waals surface area contributed by atoms with E-state index >= 15 is 0 Å². The molecule has 0 atom stereocenters. The Kier molecular flexibility index (Phi) is 4.47. The minimum atomic E-state index is -0.0503. The largest absolute Gasteiger partial charge is 0.459 e. The third-order valence-electron chi connectivity index (χ3n) is 3.80. The summed E-state index contributed by atoms with van der Waals surface area (Å²) in [7, 11) is 0. The second-order valence-electron chi connectivity index (χ2n) is 5.29. The van der Waals surface area contributed by atoms with Crippen LogP contribution in [0.2, 0.25) is 0 Å². The van der Waals surface area contributed by atoms with Gasteiger partial charge in [0.25, 0.3) is 5.91 Å². The van der Waals surface area contributed by atoms with Crippen LogP contribution in [0.25, 0.3) is 0 Å². The molecule has 23 heavy (non-hydrogen) atoms. The number of carbonyl (C=O) groups excluding carboxylic acids is 1. The summed E-state index contributed by atoms with van der Waals surface area (Å²) in [5, 5.41) is 3.15. The maximum absolute atomic E-state index is 12.2. The maximum atomic E-state index is 12.2. The van der Waals surface area contributed by atoms with E-state index < -0.39 is 0 Å². The van der Waals surface area contributed by atoms with E-state index in [0.29, 0.717) is 18.8 Å². The predicted molar refractivity (Wildman–Crippen MR) is 93.7 cm³/mol. The van der Waals surface area contributed by atoms with Crippen molar-refractivity contribution in [2.45, 2.75) is 0 Å². The molecule has 3 N–H and O–H groups in total. The second-order valence-corrected chi connectivity index (χ2v) is 5.73. The normalized spacial score (nSPS) is 14.6. The fourth-order valence-corrected chi connectivity index (χ4v) is 2.74. The van der Waals surface area contributed by atoms with Gasteiger partial charge in [-0.2, -0.15) is 0 Å². The highest BCUT2D eigenvalue weighted by Gasteiger charge is 2.23. The fourth-order valence-electron chi connectivity index (χ4n) is 2.62. The van der Waals surface area contributed by atoms with Crippen molar-refractivity contribution in [3.05, 3.63) is 48.4 Å². The Hall–Kier alpha value is -2.54. The number of piperazine rings is 1. The highest BCUT2D eigenvalue weighted by Crippen LogP contribution is 2.20. The Bertz CT molecular complexity index is 677. The van der Waals surface area contributed by atoms with Crippen LogP contribution in [0.5, 0.6) is 0 Å². The number of anilines is 2. The number of furan rings is 1. The zero-order valence-electron chi connectivity index (χ0n) is 12.6. The smallest absolute Gasteiger partial charge is 0.289 e. The number of carbonyl (C=O) groups is 1. The van der Waals surface area contributed by atoms with E-state index in [-0.39, 0.29) is 11.0 Å². The SMILES string of the molecule is NC(=S)Nc1ccc(N2CCN(C(=O)c3ccco3)CC2)cc1. The van der Waals surface area contributed by atoms with Gasteiger partial charge in [-0.05, 0) is 48.6 Å². The first-order valence-corrected chi connectivity index (χ1v) is 7.78. The molecule has 3 rings (SSSR count). The summed E-state index contributed by atoms with van der Waals surface area (Å²) in [6.07, 6.45) is 1.52. The summed E-state index contributed by atoms with van der Waals surface area (Å²) in [6.45, 7) is 2.92. The lowest BCUT2D eigenvalue weighted by atomic mass is 10.2. The van der Waals surface area contributed by atoms with Crippen LogP contribution in [-0.4, -0.2) is 42.1 Å². The molecule has 0 bridgehead atoms. The fraction of sp³-hybridized carbons (Fsp3) is 0.250. The van der Waals surface area contributed by atoms with E-state index in [1.54, 1.807) is 12.1 Å². The van der Waals surface area contributed by atoms with Crippen LogP contribution in [0.1, 0.15) is 10.6 Å². The number of nitrogens with one attached hydrogen (secondary N) is 1. The molecule has 1 aromatic carbocycles. The molecule has 1 amide bonds. The van der Waals surface area contributed by atoms with Crippen molar-refractivity contribution >= 4 is 34.6 Å². The third kappa shape index (κ3) is 3.62. The van der Waals surface area contributed by atoms with Crippen LogP contribution in [0, 0.1) is 0 Å². The Labute approximate surface area is 139 Å². The Morgan fingerprint density at radius 2 is 1.83 bits per heavy atom. The second kappa shape index (κ2) is 6.70. The van der Waals surface area contributed by atoms with Gasteiger partial charge in [0.2, 0.25) is 0 Å². The molecule has 0 aliphatic carbocycles. The van der Waals surface area contributed by atoms with Crippen LogP contribution in [0.15, 0.2) is 47.1 Å². The van der Waals surface area contributed by atoms with Crippen molar-refractivity contribution in [1.29, 1.82) is 0 Å². The number of hydrogen-bond acceptors (Lipinski definition) is 4. The van der Waals surface area contributed by atoms with Gasteiger partial charge >= 0.3 is 0 Å². The number of rotatable bonds is 3. The van der Waals surface area contributed by atoms with Crippen LogP contribution in [-0.2, 0) is 0 Å². The van der Waals surface area contributed by atoms with Crippen LogP contribution in [0.4, 0.5) is 11.4 Å². The van der Waals surface area contributed by atoms with Gasteiger partial charge in [0.15, 0.2) is 10.9 Å². The molecule has 6 nitrogen and oxygen atoms in total. The summed E-state index contributed by atoms with van der Waals surface area (Å²) < 4.78 is 5.17. The van der Waals surface area contributed by atoms with Crippen molar-refractivity contribution < 1.29 is 9.21 Å². The topological polar surface area (TPSA) is 74.7 Å². The van der Waals surface area contributed by atoms with Gasteiger partial charge in [0, 0.05) is 37.6 Å². The van der Waals surface area contributed by atoms with Gasteiger partial charge in [-0.15, -0.1) is 0 Å². The lowest BCUT2D eigenvalue weighted by Gasteiger charge is -2.35. The third-order valence-corrected chi connectivity index (χ3v) is 3.90. The molecule has 0 radical (unpaired) electrons. The van der Waals surface area contributed by atoms with Crippen LogP contribution in [0.3, 0.4) is 0 Å². The van der Waals surface area contributed by atoms with E-state index in [9.17, 15) is 4.79 Å². The number of hydrogen-bond donors (Lipinski definition) is 2. The zero-order chi connectivity index (χ0) is 16.2. The van der Waals surface area contributed by atoms with Crippen molar-refractivity contribution in [3.8, 4) is 0 Å². The number of nitrogens with two attached hydrogens (primary N) is 1. The van der Waals surface area contributed by atoms with Gasteiger partial charge in [0.05, 0.1) is 6.26 Å². The molecule has 0 spiro atoms. The standard InChI is InChI=1S/C16H18N4O2S/c17-16(23)18-12-3-5-13(6-4-12)19-7-9-20(10-8-19)15(21)14-2-1-11-22-14/h1-6,11H,7-10H2,(H3,17,18,23). The first kappa shape index (κ1) is 15.4. The van der Waals surface area contributed by atoms with Gasteiger partial charge in [-0.1, -0.05) is 0 Å². The van der Waals surface area contributed by atoms with E-state index in [1.165, 1.54) is 6.26 Å². The Balaban J connectivity index is 1.58. The molecular weight excluding hydrogens is 312 g/mol. The molecule has 1 aliphatic rings. The average Bonchev–Trinajstić information content (AvgIpc) is 3.09. The van der Waals surface area contributed by atoms with Gasteiger partial charge in [0.1, 0.15) is 0 Å². The van der Waals surface area contributed by atoms with Crippen molar-refractivity contribution in [3.63, 3.8) is 0 Å². The first-order valence-electron chi connectivity index (χ1n) is 7.38. The molecule has 2 heterocycles. The predicted octanol–water partition coefficient (Wildman–Crippen LogP) is 1.90. The zero-order valence-corrected chi connectivity index (χ0v) is 13.4. The van der Waals surface area contributed by atoms with Gasteiger partial charge < -0.3 is 25.3 Å². The molecular formula is C16H18N4O2S. The molecule has 1 aliphatic heterocycles. The minimum absolute atomic E-state index is 0.0503. The lowest BCUT2D eigenvalue weighted by Crippen LogP contribution is -2.48. The van der Waals surface area contributed by atoms with E-state index in [0.717, 1.165) is 24.5 Å². The van der Waals surface area contributed by atoms with Crippen LogP contribution < -0.4 is 16.0 Å². The number of amides is 1. The molecule has 1 saturated heterocycles. The number of thiocarbonyl (C=S) groups is 1. The van der Waals surface area contributed by atoms with Crippen molar-refractivity contribution in [2.24, 2.45) is 5.73 Å². The van der Waals surface area contributed by atoms with E-state index in [2.05, 4.69) is 10.2 Å². The Morgan fingerprint density at radius 3 is 2.39 bits per heavy atom. The van der Waals surface area contributed by atoms with Crippen molar-refractivity contribution in [2.75, 3.05) is 36.4 Å². The average molecular weight is 330 g/mol. The molecule has 1 aromatic heterocycles. The van der Waals surface area contributed by atoms with Crippen LogP contribution >= 0.6 is 12.2 Å². The van der Waals surface area contributed by atoms with Gasteiger partial charge in [-0.3, -0.25) is 4.79 Å². The van der Waals surface area contributed by atoms with Gasteiger partial charge in [-0.25, -0.2) is 0 Å². The minimum Gasteiger partial charge on any atom is -0.459 e. The maximum Gasteiger partial charge on any atom is 0.289 e. The van der Waals surface area contributed by atoms with E-state index in [4.69, 9.17) is 22.4 Å². The highest BCUT2D eigenvalue weighted by atomic mass is 32.1. The molecule has 0 unspecified atom stereocenters. The summed E-state index contributed by atoms with van der Waals surface area (Å²) >= 11 is 4.82. The van der Waals surface area contributed by atoms with Crippen molar-refractivity contribution in [1.82, 2.24) is 4.90 Å². The molecule has 120 valence electrons. The summed E-state index contributed by atoms with van der Waals surface area (Å²) in [5.74, 6) is 0.345. The molecule has 1 fully saturated rings. The van der Waals surface area contributed by atoms with E-state index in [1.807, 2.05) is 29.2 Å². The monoisotopic (exact) mass is 330 g/mol. The molecule has 0 saturated carbocycles. The first-order chi connectivity index (χ1) is 11.1. The quantitative estimate of drug-likeness (QED) is 0.837. The summed E-state index contributed by atoms with van der Waals surface area (Å²) in [6, 6.07) is 11.3. The summed E-state index contributed by atoms with van der Waals surface area (Å²) in [5.41, 5.74) is 7.44. The molecule has 2 aromatic rings. The summed E-state index contributed by atoms with van der Waals surface area (Å²) in [4.78, 5) is 16.3. The highest BCUT2D eigenvalue weighted by molar-refractivity contribution is 7.80. The number of benzene rings is 1.